The van der Waals surface area contributed by atoms with E-state index in [1.54, 1.807) is 12.0 Å². The lowest BCUT2D eigenvalue weighted by Crippen LogP contribution is -2.24. The van der Waals surface area contributed by atoms with E-state index in [2.05, 4.69) is 21.9 Å². The molecule has 1 aliphatic heterocycles. The molecule has 88 valence electrons. The smallest absolute Gasteiger partial charge is 0.228 e. The van der Waals surface area contributed by atoms with Gasteiger partial charge in [-0.3, -0.25) is 4.79 Å². The van der Waals surface area contributed by atoms with Crippen molar-refractivity contribution >= 4 is 27.5 Å². The summed E-state index contributed by atoms with van der Waals surface area (Å²) in [7, 11) is 1.61. The highest BCUT2D eigenvalue weighted by Crippen LogP contribution is 2.33. The van der Waals surface area contributed by atoms with Crippen LogP contribution < -0.4 is 9.64 Å². The van der Waals surface area contributed by atoms with Crippen LogP contribution in [0.3, 0.4) is 0 Å². The van der Waals surface area contributed by atoms with Crippen LogP contribution in [-0.2, 0) is 4.79 Å². The molecule has 0 bridgehead atoms. The number of halogens is 1. The van der Waals surface area contributed by atoms with Gasteiger partial charge in [0.25, 0.3) is 0 Å². The van der Waals surface area contributed by atoms with Crippen molar-refractivity contribution in [3.63, 3.8) is 0 Å². The summed E-state index contributed by atoms with van der Waals surface area (Å²) in [4.78, 5) is 13.5. The normalized spacial score (nSPS) is 19.2. The Morgan fingerprint density at radius 2 is 2.35 bits per heavy atom. The quantitative estimate of drug-likeness (QED) is 0.784. The SMILES string of the molecule is C#CC1CC(=O)N(c2ccc(OC)cc2Br)C1. The highest BCUT2D eigenvalue weighted by Gasteiger charge is 2.30. The zero-order valence-electron chi connectivity index (χ0n) is 9.44. The van der Waals surface area contributed by atoms with Gasteiger partial charge in [0.05, 0.1) is 12.8 Å². The third kappa shape index (κ3) is 2.29. The van der Waals surface area contributed by atoms with Crippen LogP contribution in [0.2, 0.25) is 0 Å². The van der Waals surface area contributed by atoms with Crippen LogP contribution in [0, 0.1) is 18.3 Å². The van der Waals surface area contributed by atoms with E-state index in [0.29, 0.717) is 13.0 Å². The van der Waals surface area contributed by atoms with Crippen molar-refractivity contribution in [2.45, 2.75) is 6.42 Å². The summed E-state index contributed by atoms with van der Waals surface area (Å²) < 4.78 is 5.95. The molecule has 0 N–H and O–H groups in total. The standard InChI is InChI=1S/C13H12BrNO2/c1-3-9-6-13(16)15(8-9)12-5-4-10(17-2)7-11(12)14/h1,4-5,7,9H,6,8H2,2H3. The van der Waals surface area contributed by atoms with Crippen LogP contribution in [0.5, 0.6) is 5.75 Å². The summed E-state index contributed by atoms with van der Waals surface area (Å²) >= 11 is 3.44. The van der Waals surface area contributed by atoms with Gasteiger partial charge in [-0.1, -0.05) is 0 Å². The topological polar surface area (TPSA) is 29.5 Å². The van der Waals surface area contributed by atoms with Crippen LogP contribution in [0.15, 0.2) is 22.7 Å². The fourth-order valence-electron chi connectivity index (χ4n) is 1.89. The van der Waals surface area contributed by atoms with Crippen molar-refractivity contribution in [2.75, 3.05) is 18.6 Å². The molecule has 0 saturated carbocycles. The molecule has 1 heterocycles. The lowest BCUT2D eigenvalue weighted by atomic mass is 10.1. The molecule has 1 atom stereocenters. The molecule has 0 radical (unpaired) electrons. The number of anilines is 1. The molecule has 4 heteroatoms. The summed E-state index contributed by atoms with van der Waals surface area (Å²) in [6, 6.07) is 5.53. The zero-order valence-corrected chi connectivity index (χ0v) is 11.0. The number of methoxy groups -OCH3 is 1. The number of nitrogens with zero attached hydrogens (tertiary/aromatic N) is 1. The Hall–Kier alpha value is -1.47. The second kappa shape index (κ2) is 4.80. The van der Waals surface area contributed by atoms with E-state index in [-0.39, 0.29) is 11.8 Å². The van der Waals surface area contributed by atoms with Gasteiger partial charge in [0, 0.05) is 23.4 Å². The maximum atomic E-state index is 11.8. The molecule has 2 rings (SSSR count). The minimum Gasteiger partial charge on any atom is -0.497 e. The highest BCUT2D eigenvalue weighted by atomic mass is 79.9. The third-order valence-electron chi connectivity index (χ3n) is 2.81. The molecule has 0 aliphatic carbocycles. The van der Waals surface area contributed by atoms with E-state index < -0.39 is 0 Å². The van der Waals surface area contributed by atoms with Crippen molar-refractivity contribution in [3.8, 4) is 18.1 Å². The predicted molar refractivity (Wildman–Crippen MR) is 70.0 cm³/mol. The van der Waals surface area contributed by atoms with E-state index in [4.69, 9.17) is 11.2 Å². The van der Waals surface area contributed by atoms with Gasteiger partial charge >= 0.3 is 0 Å². The fourth-order valence-corrected chi connectivity index (χ4v) is 2.46. The highest BCUT2D eigenvalue weighted by molar-refractivity contribution is 9.10. The molecule has 1 fully saturated rings. The number of carbonyl (C=O) groups is 1. The first-order valence-electron chi connectivity index (χ1n) is 5.25. The molecule has 1 unspecified atom stereocenters. The molecule has 1 aromatic carbocycles. The van der Waals surface area contributed by atoms with Crippen LogP contribution in [0.25, 0.3) is 0 Å². The number of carbonyl (C=O) groups excluding carboxylic acids is 1. The number of ether oxygens (including phenoxy) is 1. The molecule has 1 saturated heterocycles. The lowest BCUT2D eigenvalue weighted by molar-refractivity contribution is -0.117. The van der Waals surface area contributed by atoms with Crippen molar-refractivity contribution in [3.05, 3.63) is 22.7 Å². The minimum atomic E-state index is 0.0106. The second-order valence-electron chi connectivity index (χ2n) is 3.89. The van der Waals surface area contributed by atoms with E-state index >= 15 is 0 Å². The van der Waals surface area contributed by atoms with Crippen molar-refractivity contribution in [2.24, 2.45) is 5.92 Å². The summed E-state index contributed by atoms with van der Waals surface area (Å²) in [5.41, 5.74) is 0.841. The number of amides is 1. The largest absolute Gasteiger partial charge is 0.497 e. The number of benzene rings is 1. The predicted octanol–water partition coefficient (Wildman–Crippen LogP) is 2.44. The Bertz CT molecular complexity index is 493. The van der Waals surface area contributed by atoms with Crippen LogP contribution in [0.4, 0.5) is 5.69 Å². The van der Waals surface area contributed by atoms with Crippen LogP contribution in [-0.4, -0.2) is 19.6 Å². The molecule has 1 aliphatic rings. The Labute approximate surface area is 109 Å². The zero-order chi connectivity index (χ0) is 12.4. The molecule has 1 aromatic rings. The van der Waals surface area contributed by atoms with Gasteiger partial charge in [0.1, 0.15) is 5.75 Å². The first-order valence-corrected chi connectivity index (χ1v) is 6.05. The number of hydrogen-bond acceptors (Lipinski definition) is 2. The maximum Gasteiger partial charge on any atom is 0.228 e. The molecule has 0 aromatic heterocycles. The van der Waals surface area contributed by atoms with E-state index in [1.807, 2.05) is 18.2 Å². The van der Waals surface area contributed by atoms with Gasteiger partial charge in [-0.25, -0.2) is 0 Å². The molecule has 0 spiro atoms. The lowest BCUT2D eigenvalue weighted by Gasteiger charge is -2.18. The van der Waals surface area contributed by atoms with Gasteiger partial charge in [-0.05, 0) is 34.1 Å². The Balaban J connectivity index is 2.29. The number of hydrogen-bond donors (Lipinski definition) is 0. The Morgan fingerprint density at radius 1 is 1.59 bits per heavy atom. The first kappa shape index (κ1) is 12.0. The summed E-state index contributed by atoms with van der Waals surface area (Å²) in [6.07, 6.45) is 5.78. The van der Waals surface area contributed by atoms with Crippen molar-refractivity contribution in [1.29, 1.82) is 0 Å². The average Bonchev–Trinajstić information content (AvgIpc) is 2.70. The van der Waals surface area contributed by atoms with Crippen molar-refractivity contribution < 1.29 is 9.53 Å². The van der Waals surface area contributed by atoms with Crippen molar-refractivity contribution in [1.82, 2.24) is 0 Å². The Kier molecular flexibility index (Phi) is 3.39. The van der Waals surface area contributed by atoms with Crippen LogP contribution >= 0.6 is 15.9 Å². The van der Waals surface area contributed by atoms with E-state index in [0.717, 1.165) is 15.9 Å². The van der Waals surface area contributed by atoms with Gasteiger partial charge in [-0.2, -0.15) is 0 Å². The molecule has 17 heavy (non-hydrogen) atoms. The first-order chi connectivity index (χ1) is 8.15. The van der Waals surface area contributed by atoms with E-state index in [1.165, 1.54) is 0 Å². The number of terminal acetylenes is 1. The average molecular weight is 294 g/mol. The monoisotopic (exact) mass is 293 g/mol. The van der Waals surface area contributed by atoms with Crippen LogP contribution in [0.1, 0.15) is 6.42 Å². The third-order valence-corrected chi connectivity index (χ3v) is 3.44. The summed E-state index contributed by atoms with van der Waals surface area (Å²) in [5.74, 6) is 3.46. The van der Waals surface area contributed by atoms with Gasteiger partial charge in [0.15, 0.2) is 0 Å². The minimum absolute atomic E-state index is 0.0106. The summed E-state index contributed by atoms with van der Waals surface area (Å²) in [6.45, 7) is 0.584. The van der Waals surface area contributed by atoms with Gasteiger partial charge in [-0.15, -0.1) is 12.3 Å². The fraction of sp³-hybridized carbons (Fsp3) is 0.308. The maximum absolute atomic E-state index is 11.8. The second-order valence-corrected chi connectivity index (χ2v) is 4.74. The molecule has 3 nitrogen and oxygen atoms in total. The molecular weight excluding hydrogens is 282 g/mol. The van der Waals surface area contributed by atoms with E-state index in [9.17, 15) is 4.79 Å². The van der Waals surface area contributed by atoms with Gasteiger partial charge < -0.3 is 9.64 Å². The van der Waals surface area contributed by atoms with Gasteiger partial charge in [0.2, 0.25) is 5.91 Å². The molecular formula is C13H12BrNO2. The Morgan fingerprint density at radius 3 is 2.88 bits per heavy atom. The summed E-state index contributed by atoms with van der Waals surface area (Å²) in [5, 5.41) is 0. The number of rotatable bonds is 2. The molecule has 1 amide bonds.